The van der Waals surface area contributed by atoms with Crippen LogP contribution in [0.25, 0.3) is 22.4 Å². The first-order chi connectivity index (χ1) is 16.1. The maximum atomic E-state index is 13.1. The number of sulfonamides is 1. The highest BCUT2D eigenvalue weighted by Gasteiger charge is 2.21. The van der Waals surface area contributed by atoms with E-state index in [1.165, 1.54) is 24.4 Å². The molecule has 172 valence electrons. The molecule has 2 aromatic heterocycles. The molecule has 4 aromatic rings. The molecule has 5 N–H and O–H groups in total. The van der Waals surface area contributed by atoms with Crippen LogP contribution in [0.3, 0.4) is 0 Å². The molecule has 0 atom stereocenters. The molecule has 4 rings (SSSR count). The number of aromatic nitrogens is 2. The van der Waals surface area contributed by atoms with E-state index in [4.69, 9.17) is 22.5 Å². The van der Waals surface area contributed by atoms with Crippen LogP contribution in [0.2, 0.25) is 4.47 Å². The van der Waals surface area contributed by atoms with Crippen LogP contribution in [-0.4, -0.2) is 30.2 Å². The Hall–Kier alpha value is -3.64. The molecule has 0 radical (unpaired) electrons. The van der Waals surface area contributed by atoms with Gasteiger partial charge in [0.15, 0.2) is 4.47 Å². The van der Waals surface area contributed by atoms with Crippen molar-refractivity contribution in [2.45, 2.75) is 4.90 Å². The van der Waals surface area contributed by atoms with E-state index in [9.17, 15) is 18.0 Å². The van der Waals surface area contributed by atoms with Crippen LogP contribution in [0.5, 0.6) is 0 Å². The van der Waals surface area contributed by atoms with Crippen molar-refractivity contribution in [3.05, 3.63) is 81.8 Å². The Morgan fingerprint density at radius 1 is 1.00 bits per heavy atom. The fourth-order valence-corrected chi connectivity index (χ4v) is 5.04. The van der Waals surface area contributed by atoms with E-state index < -0.39 is 21.8 Å². The maximum absolute atomic E-state index is 13.1. The smallest absolute Gasteiger partial charge is 0.269 e. The third-order valence-electron chi connectivity index (χ3n) is 4.73. The Labute approximate surface area is 203 Å². The van der Waals surface area contributed by atoms with Crippen LogP contribution in [0.4, 0.5) is 5.82 Å². The van der Waals surface area contributed by atoms with Crippen molar-refractivity contribution in [1.82, 2.24) is 9.97 Å². The predicted octanol–water partition coefficient (Wildman–Crippen LogP) is 3.52. The molecule has 0 spiro atoms. The number of hydrogen-bond acceptors (Lipinski definition) is 7. The molecule has 0 aliphatic carbocycles. The number of nitrogens with one attached hydrogen (secondary N) is 1. The minimum Gasteiger partial charge on any atom is -0.366 e. The Bertz CT molecular complexity index is 1540. The number of amides is 2. The lowest BCUT2D eigenvalue weighted by Crippen LogP contribution is -2.14. The molecule has 2 amide bonds. The van der Waals surface area contributed by atoms with Crippen molar-refractivity contribution in [3.63, 3.8) is 0 Å². The number of carbonyl (C=O) groups is 2. The van der Waals surface area contributed by atoms with Gasteiger partial charge in [0.05, 0.1) is 10.6 Å². The summed E-state index contributed by atoms with van der Waals surface area (Å²) in [6, 6.07) is 15.7. The van der Waals surface area contributed by atoms with Gasteiger partial charge >= 0.3 is 0 Å². The molecule has 0 bridgehead atoms. The Kier molecular flexibility index (Phi) is 6.44. The molecule has 0 saturated heterocycles. The van der Waals surface area contributed by atoms with Crippen LogP contribution >= 0.6 is 22.9 Å². The first-order valence-electron chi connectivity index (χ1n) is 9.59. The zero-order valence-electron chi connectivity index (χ0n) is 17.2. The van der Waals surface area contributed by atoms with E-state index in [2.05, 4.69) is 15.3 Å². The first kappa shape index (κ1) is 23.5. The molecule has 2 heterocycles. The molecular formula is C22H16ClN5O4S2. The maximum Gasteiger partial charge on any atom is 0.269 e. The number of halogens is 1. The highest BCUT2D eigenvalue weighted by atomic mass is 35.5. The first-order valence-corrected chi connectivity index (χ1v) is 12.3. The lowest BCUT2D eigenvalue weighted by molar-refractivity contribution is 0.0998. The molecule has 0 unspecified atom stereocenters. The fraction of sp³-hybridized carbons (Fsp3) is 0. The van der Waals surface area contributed by atoms with Gasteiger partial charge in [-0.05, 0) is 35.9 Å². The number of hydrogen-bond donors (Lipinski definition) is 3. The highest BCUT2D eigenvalue weighted by molar-refractivity contribution is 7.89. The van der Waals surface area contributed by atoms with Gasteiger partial charge in [-0.2, -0.15) is 0 Å². The van der Waals surface area contributed by atoms with Gasteiger partial charge in [0.2, 0.25) is 15.9 Å². The summed E-state index contributed by atoms with van der Waals surface area (Å²) in [4.78, 5) is 33.1. The van der Waals surface area contributed by atoms with E-state index in [0.29, 0.717) is 16.7 Å². The number of rotatable bonds is 6. The highest BCUT2D eigenvalue weighted by Crippen LogP contribution is 2.32. The van der Waals surface area contributed by atoms with Crippen molar-refractivity contribution in [2.75, 3.05) is 5.32 Å². The summed E-state index contributed by atoms with van der Waals surface area (Å²) in [6.07, 6.45) is 1.43. The molecule has 34 heavy (non-hydrogen) atoms. The van der Waals surface area contributed by atoms with Gasteiger partial charge in [-0.1, -0.05) is 53.3 Å². The average Bonchev–Trinajstić information content (AvgIpc) is 3.21. The second-order valence-electron chi connectivity index (χ2n) is 7.01. The molecule has 0 saturated carbocycles. The van der Waals surface area contributed by atoms with Crippen molar-refractivity contribution in [2.24, 2.45) is 10.9 Å². The SMILES string of the molecule is NC(=O)c1cccc(-c2nc(Cl)sc2C(=O)Nc2cc(-c3ccccc3S(N)(=O)=O)ccn2)c1. The van der Waals surface area contributed by atoms with Crippen LogP contribution in [0, 0.1) is 0 Å². The summed E-state index contributed by atoms with van der Waals surface area (Å²) in [5.74, 6) is -0.976. The van der Waals surface area contributed by atoms with Crippen molar-refractivity contribution >= 4 is 50.6 Å². The van der Waals surface area contributed by atoms with Crippen molar-refractivity contribution < 1.29 is 18.0 Å². The molecule has 9 nitrogen and oxygen atoms in total. The molecule has 12 heteroatoms. The van der Waals surface area contributed by atoms with E-state index >= 15 is 0 Å². The normalized spacial score (nSPS) is 11.2. The minimum absolute atomic E-state index is 0.0515. The summed E-state index contributed by atoms with van der Waals surface area (Å²) in [5, 5.41) is 8.01. The van der Waals surface area contributed by atoms with E-state index in [1.807, 2.05) is 0 Å². The predicted molar refractivity (Wildman–Crippen MR) is 130 cm³/mol. The summed E-state index contributed by atoms with van der Waals surface area (Å²) >= 11 is 7.04. The van der Waals surface area contributed by atoms with Crippen LogP contribution < -0.4 is 16.2 Å². The van der Waals surface area contributed by atoms with Crippen molar-refractivity contribution in [1.29, 1.82) is 0 Å². The summed E-state index contributed by atoms with van der Waals surface area (Å²) in [7, 11) is -3.97. The second-order valence-corrected chi connectivity index (χ2v) is 10.1. The van der Waals surface area contributed by atoms with E-state index in [-0.39, 0.29) is 31.3 Å². The van der Waals surface area contributed by atoms with Gasteiger partial charge in [0, 0.05) is 22.9 Å². The standard InChI is InChI=1S/C22H16ClN5O4S2/c23-22-28-18(13-4-3-5-14(10-13)20(24)29)19(33-22)21(30)27-17-11-12(8-9-26-17)15-6-1-2-7-16(15)34(25,31)32/h1-11H,(H2,24,29)(H2,25,31,32)(H,26,27,30). The number of nitrogens with zero attached hydrogens (tertiary/aromatic N) is 2. The monoisotopic (exact) mass is 513 g/mol. The van der Waals surface area contributed by atoms with E-state index in [0.717, 1.165) is 11.3 Å². The number of nitrogens with two attached hydrogens (primary N) is 2. The fourth-order valence-electron chi connectivity index (χ4n) is 3.26. The largest absolute Gasteiger partial charge is 0.366 e. The number of primary sulfonamides is 1. The average molecular weight is 514 g/mol. The molecular weight excluding hydrogens is 498 g/mol. The Morgan fingerprint density at radius 2 is 1.76 bits per heavy atom. The number of pyridine rings is 1. The van der Waals surface area contributed by atoms with Gasteiger partial charge in [0.1, 0.15) is 10.7 Å². The minimum atomic E-state index is -3.97. The molecule has 0 aliphatic rings. The lowest BCUT2D eigenvalue weighted by Gasteiger charge is -2.10. The van der Waals surface area contributed by atoms with Gasteiger partial charge in [0.25, 0.3) is 5.91 Å². The quantitative estimate of drug-likeness (QED) is 0.357. The van der Waals surface area contributed by atoms with Gasteiger partial charge in [-0.15, -0.1) is 0 Å². The summed E-state index contributed by atoms with van der Waals surface area (Å²) in [5.41, 5.74) is 7.25. The van der Waals surface area contributed by atoms with E-state index in [1.54, 1.807) is 42.5 Å². The second kappa shape index (κ2) is 9.31. The number of benzene rings is 2. The third-order valence-corrected chi connectivity index (χ3v) is 6.86. The van der Waals surface area contributed by atoms with Gasteiger partial charge in [-0.3, -0.25) is 9.59 Å². The number of carbonyl (C=O) groups excluding carboxylic acids is 2. The molecule has 2 aromatic carbocycles. The zero-order valence-corrected chi connectivity index (χ0v) is 19.6. The number of thiazole rings is 1. The van der Waals surface area contributed by atoms with Crippen LogP contribution in [-0.2, 0) is 10.0 Å². The third kappa shape index (κ3) is 4.97. The summed E-state index contributed by atoms with van der Waals surface area (Å²) in [6.45, 7) is 0. The number of primary amides is 1. The topological polar surface area (TPSA) is 158 Å². The Morgan fingerprint density at radius 3 is 2.50 bits per heavy atom. The zero-order chi connectivity index (χ0) is 24.5. The van der Waals surface area contributed by atoms with Gasteiger partial charge < -0.3 is 11.1 Å². The summed E-state index contributed by atoms with van der Waals surface area (Å²) < 4.78 is 24.1. The molecule has 0 fully saturated rings. The molecule has 0 aliphatic heterocycles. The van der Waals surface area contributed by atoms with Crippen LogP contribution in [0.1, 0.15) is 20.0 Å². The van der Waals surface area contributed by atoms with Crippen molar-refractivity contribution in [3.8, 4) is 22.4 Å². The number of anilines is 1. The van der Waals surface area contributed by atoms with Crippen LogP contribution in [0.15, 0.2) is 71.8 Å². The lowest BCUT2D eigenvalue weighted by atomic mass is 10.1. The van der Waals surface area contributed by atoms with Gasteiger partial charge in [-0.25, -0.2) is 23.5 Å². The Balaban J connectivity index is 1.68.